The van der Waals surface area contributed by atoms with Gasteiger partial charge in [0, 0.05) is 27.2 Å². The third-order valence-electron chi connectivity index (χ3n) is 2.63. The van der Waals surface area contributed by atoms with E-state index in [4.69, 9.17) is 0 Å². The van der Waals surface area contributed by atoms with Crippen molar-refractivity contribution in [3.05, 3.63) is 65.5 Å². The highest BCUT2D eigenvalue weighted by molar-refractivity contribution is 9.13. The van der Waals surface area contributed by atoms with E-state index in [1.807, 2.05) is 18.2 Å². The molecule has 0 bridgehead atoms. The van der Waals surface area contributed by atoms with Crippen molar-refractivity contribution in [1.29, 1.82) is 0 Å². The summed E-state index contributed by atoms with van der Waals surface area (Å²) in [6.07, 6.45) is 0. The number of anilines is 1. The maximum Gasteiger partial charge on any atom is 0.283 e. The van der Waals surface area contributed by atoms with E-state index in [-0.39, 0.29) is 5.69 Å². The van der Waals surface area contributed by atoms with Gasteiger partial charge in [-0.3, -0.25) is 10.1 Å². The van der Waals surface area contributed by atoms with Gasteiger partial charge in [0.05, 0.1) is 9.40 Å². The van der Waals surface area contributed by atoms with Crippen molar-refractivity contribution < 1.29 is 4.92 Å². The molecule has 20 heavy (non-hydrogen) atoms. The summed E-state index contributed by atoms with van der Waals surface area (Å²) < 4.78 is 2.45. The number of halogens is 3. The SMILES string of the molecule is O=[N+]([O-])c1ccc(NCc2ccc(Br)c(Br)c2)cc1Br. The summed E-state index contributed by atoms with van der Waals surface area (Å²) in [5.74, 6) is 0. The van der Waals surface area contributed by atoms with Crippen molar-refractivity contribution in [2.75, 3.05) is 5.32 Å². The van der Waals surface area contributed by atoms with Gasteiger partial charge in [-0.05, 0) is 77.6 Å². The van der Waals surface area contributed by atoms with Gasteiger partial charge in [-0.25, -0.2) is 0 Å². The molecule has 0 aliphatic rings. The first-order valence-corrected chi connectivity index (χ1v) is 7.97. The molecule has 4 nitrogen and oxygen atoms in total. The fourth-order valence-corrected chi connectivity index (χ4v) is 2.82. The Morgan fingerprint density at radius 1 is 1.00 bits per heavy atom. The van der Waals surface area contributed by atoms with Gasteiger partial charge in [0.25, 0.3) is 5.69 Å². The highest BCUT2D eigenvalue weighted by atomic mass is 79.9. The Labute approximate surface area is 141 Å². The molecule has 0 atom stereocenters. The van der Waals surface area contributed by atoms with Gasteiger partial charge in [0.1, 0.15) is 0 Å². The summed E-state index contributed by atoms with van der Waals surface area (Å²) in [6.45, 7) is 0.635. The third kappa shape index (κ3) is 3.80. The summed E-state index contributed by atoms with van der Waals surface area (Å²) in [5.41, 5.74) is 1.98. The quantitative estimate of drug-likeness (QED) is 0.480. The molecule has 0 saturated heterocycles. The van der Waals surface area contributed by atoms with Gasteiger partial charge in [-0.1, -0.05) is 6.07 Å². The number of nitro groups is 1. The van der Waals surface area contributed by atoms with E-state index in [9.17, 15) is 10.1 Å². The van der Waals surface area contributed by atoms with Gasteiger partial charge in [0.15, 0.2) is 0 Å². The van der Waals surface area contributed by atoms with Crippen LogP contribution >= 0.6 is 47.8 Å². The van der Waals surface area contributed by atoms with E-state index in [1.165, 1.54) is 6.07 Å². The lowest BCUT2D eigenvalue weighted by Gasteiger charge is -2.08. The van der Waals surface area contributed by atoms with Gasteiger partial charge in [-0.15, -0.1) is 0 Å². The molecule has 0 aromatic heterocycles. The fourth-order valence-electron chi connectivity index (χ4n) is 1.62. The standard InChI is InChI=1S/C13H9Br3N2O2/c14-10-3-1-8(5-11(10)15)7-17-9-2-4-13(18(19)20)12(16)6-9/h1-6,17H,7H2. The molecule has 0 aliphatic carbocycles. The molecule has 0 aliphatic heterocycles. The lowest BCUT2D eigenvalue weighted by atomic mass is 10.2. The smallest absolute Gasteiger partial charge is 0.283 e. The van der Waals surface area contributed by atoms with Gasteiger partial charge >= 0.3 is 0 Å². The van der Waals surface area contributed by atoms with Crippen LogP contribution in [0.25, 0.3) is 0 Å². The second kappa shape index (κ2) is 6.69. The average molecular weight is 465 g/mol. The summed E-state index contributed by atoms with van der Waals surface area (Å²) in [5, 5.41) is 14.0. The molecular formula is C13H9Br3N2O2. The van der Waals surface area contributed by atoms with Crippen LogP contribution in [0, 0.1) is 10.1 Å². The summed E-state index contributed by atoms with van der Waals surface area (Å²) in [4.78, 5) is 10.3. The van der Waals surface area contributed by atoms with E-state index in [2.05, 4.69) is 53.1 Å². The Hall–Kier alpha value is -0.920. The highest BCUT2D eigenvalue weighted by Crippen LogP contribution is 2.28. The minimum absolute atomic E-state index is 0.0573. The van der Waals surface area contributed by atoms with Gasteiger partial charge in [0.2, 0.25) is 0 Å². The Kier molecular flexibility index (Phi) is 5.17. The van der Waals surface area contributed by atoms with E-state index < -0.39 is 4.92 Å². The molecule has 1 N–H and O–H groups in total. The maximum atomic E-state index is 10.7. The number of nitrogens with one attached hydrogen (secondary N) is 1. The Bertz CT molecular complexity index is 662. The van der Waals surface area contributed by atoms with Crippen LogP contribution in [0.1, 0.15) is 5.56 Å². The van der Waals surface area contributed by atoms with E-state index in [0.717, 1.165) is 20.2 Å². The zero-order valence-electron chi connectivity index (χ0n) is 10.1. The predicted octanol–water partition coefficient (Wildman–Crippen LogP) is 5.49. The Balaban J connectivity index is 2.09. The minimum atomic E-state index is -0.417. The van der Waals surface area contributed by atoms with Crippen molar-refractivity contribution in [2.24, 2.45) is 0 Å². The van der Waals surface area contributed by atoms with Crippen molar-refractivity contribution in [2.45, 2.75) is 6.54 Å². The minimum Gasteiger partial charge on any atom is -0.381 e. The summed E-state index contributed by atoms with van der Waals surface area (Å²) >= 11 is 10.1. The van der Waals surface area contributed by atoms with Crippen LogP contribution in [0.3, 0.4) is 0 Å². The molecule has 0 unspecified atom stereocenters. The summed E-state index contributed by atoms with van der Waals surface area (Å²) in [6, 6.07) is 10.8. The van der Waals surface area contributed by atoms with Crippen molar-refractivity contribution in [1.82, 2.24) is 0 Å². The molecule has 0 amide bonds. The Morgan fingerprint density at radius 2 is 1.75 bits per heavy atom. The first kappa shape index (κ1) is 15.5. The topological polar surface area (TPSA) is 55.2 Å². The molecule has 2 rings (SSSR count). The number of nitro benzene ring substituents is 1. The molecule has 2 aromatic carbocycles. The Morgan fingerprint density at radius 3 is 2.35 bits per heavy atom. The van der Waals surface area contributed by atoms with Crippen LogP contribution in [-0.4, -0.2) is 4.92 Å². The fraction of sp³-hybridized carbons (Fsp3) is 0.0769. The van der Waals surface area contributed by atoms with E-state index >= 15 is 0 Å². The molecule has 0 saturated carbocycles. The zero-order valence-corrected chi connectivity index (χ0v) is 14.8. The molecule has 7 heteroatoms. The first-order chi connectivity index (χ1) is 9.47. The predicted molar refractivity (Wildman–Crippen MR) is 90.0 cm³/mol. The second-order valence-electron chi connectivity index (χ2n) is 4.03. The molecular weight excluding hydrogens is 456 g/mol. The van der Waals surface area contributed by atoms with Crippen LogP contribution in [-0.2, 0) is 6.54 Å². The van der Waals surface area contributed by atoms with Crippen LogP contribution < -0.4 is 5.32 Å². The van der Waals surface area contributed by atoms with Crippen LogP contribution in [0.5, 0.6) is 0 Å². The number of benzene rings is 2. The molecule has 0 spiro atoms. The third-order valence-corrected chi connectivity index (χ3v) is 5.14. The van der Waals surface area contributed by atoms with Crippen molar-refractivity contribution >= 4 is 59.2 Å². The first-order valence-electron chi connectivity index (χ1n) is 5.59. The highest BCUT2D eigenvalue weighted by Gasteiger charge is 2.11. The summed E-state index contributed by atoms with van der Waals surface area (Å²) in [7, 11) is 0. The number of hydrogen-bond donors (Lipinski definition) is 1. The maximum absolute atomic E-state index is 10.7. The molecule has 0 radical (unpaired) electrons. The molecule has 0 heterocycles. The van der Waals surface area contributed by atoms with Crippen molar-refractivity contribution in [3.63, 3.8) is 0 Å². The zero-order chi connectivity index (χ0) is 14.7. The lowest BCUT2D eigenvalue weighted by Crippen LogP contribution is -2.00. The monoisotopic (exact) mass is 462 g/mol. The van der Waals surface area contributed by atoms with E-state index in [1.54, 1.807) is 12.1 Å². The number of hydrogen-bond acceptors (Lipinski definition) is 3. The largest absolute Gasteiger partial charge is 0.381 e. The number of nitrogens with zero attached hydrogens (tertiary/aromatic N) is 1. The lowest BCUT2D eigenvalue weighted by molar-refractivity contribution is -0.385. The van der Waals surface area contributed by atoms with Crippen LogP contribution in [0.2, 0.25) is 0 Å². The van der Waals surface area contributed by atoms with E-state index in [0.29, 0.717) is 11.0 Å². The van der Waals surface area contributed by atoms with Gasteiger partial charge < -0.3 is 5.32 Å². The molecule has 104 valence electrons. The second-order valence-corrected chi connectivity index (χ2v) is 6.59. The molecule has 2 aromatic rings. The van der Waals surface area contributed by atoms with Crippen molar-refractivity contribution in [3.8, 4) is 0 Å². The van der Waals surface area contributed by atoms with Gasteiger partial charge in [-0.2, -0.15) is 0 Å². The van der Waals surface area contributed by atoms with Crippen LogP contribution in [0.15, 0.2) is 49.8 Å². The normalized spacial score (nSPS) is 10.3. The number of rotatable bonds is 4. The van der Waals surface area contributed by atoms with Crippen LogP contribution in [0.4, 0.5) is 11.4 Å². The molecule has 0 fully saturated rings. The average Bonchev–Trinajstić information content (AvgIpc) is 2.40.